The van der Waals surface area contributed by atoms with Crippen LogP contribution in [-0.2, 0) is 16.0 Å². The summed E-state index contributed by atoms with van der Waals surface area (Å²) in [6.07, 6.45) is 1.13. The van der Waals surface area contributed by atoms with Gasteiger partial charge in [0.05, 0.1) is 7.11 Å². The molecule has 0 unspecified atom stereocenters. The highest BCUT2D eigenvalue weighted by Crippen LogP contribution is 2.27. The lowest BCUT2D eigenvalue weighted by atomic mass is 10.2. The zero-order chi connectivity index (χ0) is 9.97. The highest BCUT2D eigenvalue weighted by Gasteiger charge is 2.26. The first kappa shape index (κ1) is 9.06. The zero-order valence-corrected chi connectivity index (χ0v) is 8.03. The highest BCUT2D eigenvalue weighted by molar-refractivity contribution is 5.75. The number of hydrogen-bond acceptors (Lipinski definition) is 3. The molecule has 3 nitrogen and oxygen atoms in total. The summed E-state index contributed by atoms with van der Waals surface area (Å²) < 4.78 is 10.2. The lowest BCUT2D eigenvalue weighted by molar-refractivity contribution is -0.149. The highest BCUT2D eigenvalue weighted by atomic mass is 16.6. The molecule has 0 N–H and O–H groups in total. The van der Waals surface area contributed by atoms with E-state index in [2.05, 4.69) is 4.74 Å². The first-order valence-corrected chi connectivity index (χ1v) is 4.63. The van der Waals surface area contributed by atoms with Gasteiger partial charge in [0.15, 0.2) is 6.10 Å². The number of methoxy groups -OCH3 is 1. The number of carbonyl (C=O) groups is 1. The molecule has 0 saturated heterocycles. The van der Waals surface area contributed by atoms with Gasteiger partial charge in [-0.3, -0.25) is 0 Å². The van der Waals surface area contributed by atoms with E-state index >= 15 is 0 Å². The Morgan fingerprint density at radius 3 is 3.14 bits per heavy atom. The van der Waals surface area contributed by atoms with Crippen molar-refractivity contribution in [3.63, 3.8) is 0 Å². The van der Waals surface area contributed by atoms with Gasteiger partial charge in [-0.15, -0.1) is 0 Å². The zero-order valence-electron chi connectivity index (χ0n) is 8.03. The fourth-order valence-corrected chi connectivity index (χ4v) is 1.62. The summed E-state index contributed by atoms with van der Waals surface area (Å²) in [6, 6.07) is 7.77. The van der Waals surface area contributed by atoms with Crippen molar-refractivity contribution in [2.45, 2.75) is 18.9 Å². The van der Waals surface area contributed by atoms with Crippen LogP contribution in [0.1, 0.15) is 12.0 Å². The molecule has 2 rings (SSSR count). The third kappa shape index (κ3) is 1.58. The van der Waals surface area contributed by atoms with Crippen molar-refractivity contribution < 1.29 is 14.3 Å². The first-order chi connectivity index (χ1) is 6.81. The maximum absolute atomic E-state index is 11.2. The second-order valence-corrected chi connectivity index (χ2v) is 3.28. The summed E-state index contributed by atoms with van der Waals surface area (Å²) in [6.45, 7) is 0. The third-order valence-corrected chi connectivity index (χ3v) is 2.38. The Bertz CT molecular complexity index is 346. The molecule has 1 aliphatic heterocycles. The molecule has 0 aromatic heterocycles. The molecule has 0 spiro atoms. The van der Waals surface area contributed by atoms with Gasteiger partial charge >= 0.3 is 5.97 Å². The topological polar surface area (TPSA) is 35.5 Å². The molecule has 1 aromatic rings. The average molecular weight is 194 g/mol. The Kier molecular flexibility index (Phi) is 2.39. The maximum atomic E-state index is 11.2. The minimum atomic E-state index is -0.435. The van der Waals surface area contributed by atoms with Gasteiger partial charge in [-0.25, -0.2) is 4.79 Å². The lowest BCUT2D eigenvalue weighted by Crippen LogP contribution is -2.32. The van der Waals surface area contributed by atoms with Gasteiger partial charge in [-0.2, -0.15) is 0 Å². The summed E-state index contributed by atoms with van der Waals surface area (Å²) in [5, 5.41) is 0. The van der Waals surface area contributed by atoms with Crippen molar-refractivity contribution in [3.8, 4) is 5.75 Å². The Morgan fingerprint density at radius 2 is 2.36 bits per heavy atom. The normalized spacial score (nSPS) is 19.4. The summed E-state index contributed by atoms with van der Waals surface area (Å²) in [4.78, 5) is 11.2. The molecule has 0 saturated carbocycles. The van der Waals surface area contributed by atoms with Crippen LogP contribution in [0.25, 0.3) is 0 Å². The van der Waals surface area contributed by atoms with Crippen LogP contribution < -0.4 is 4.74 Å². The van der Waals surface area contributed by atoms with Crippen molar-refractivity contribution in [3.05, 3.63) is 29.8 Å². The van der Waals surface area contributed by atoms with E-state index in [0.717, 1.165) is 17.7 Å². The van der Waals surface area contributed by atoms with Crippen molar-refractivity contribution in [1.82, 2.24) is 0 Å². The molecule has 0 amide bonds. The number of fused-ring (bicyclic) bond motifs is 1. The molecule has 1 heterocycles. The second kappa shape index (κ2) is 3.70. The van der Waals surface area contributed by atoms with E-state index < -0.39 is 6.10 Å². The van der Waals surface area contributed by atoms with Crippen molar-refractivity contribution >= 4 is 5.97 Å². The van der Waals surface area contributed by atoms with E-state index in [4.69, 9.17) is 4.74 Å². The van der Waals surface area contributed by atoms with Crippen LogP contribution in [0.3, 0.4) is 0 Å². The predicted molar refractivity (Wildman–Crippen MR) is 51.2 cm³/mol. The molecule has 3 heteroatoms. The molecule has 0 aliphatic carbocycles. The molecule has 1 atom stereocenters. The Labute approximate surface area is 82.6 Å². The van der Waals surface area contributed by atoms with Crippen molar-refractivity contribution in [2.75, 3.05) is 7.11 Å². The fraction of sp³-hybridized carbons (Fsp3) is 0.364. The van der Waals surface area contributed by atoms with Gasteiger partial charge in [0, 0.05) is 0 Å². The van der Waals surface area contributed by atoms with E-state index in [1.807, 2.05) is 24.3 Å². The monoisotopic (exact) mass is 194 g/mol. The van der Waals surface area contributed by atoms with Gasteiger partial charge < -0.3 is 9.47 Å². The van der Waals surface area contributed by atoms with Crippen LogP contribution in [-0.4, -0.2) is 19.2 Å². The van der Waals surface area contributed by atoms with Gasteiger partial charge in [-0.05, 0) is 24.5 Å². The third-order valence-electron chi connectivity index (χ3n) is 2.38. The minimum Gasteiger partial charge on any atom is -0.478 e. The van der Waals surface area contributed by atoms with Gasteiger partial charge in [0.2, 0.25) is 0 Å². The second-order valence-electron chi connectivity index (χ2n) is 3.28. The minimum absolute atomic E-state index is 0.292. The fourth-order valence-electron chi connectivity index (χ4n) is 1.62. The number of benzene rings is 1. The Hall–Kier alpha value is -1.51. The van der Waals surface area contributed by atoms with Gasteiger partial charge in [0.1, 0.15) is 5.75 Å². The van der Waals surface area contributed by atoms with E-state index in [0.29, 0.717) is 6.42 Å². The molecule has 0 radical (unpaired) electrons. The van der Waals surface area contributed by atoms with Crippen molar-refractivity contribution in [2.24, 2.45) is 0 Å². The number of ether oxygens (including phenoxy) is 2. The molecule has 74 valence electrons. The largest absolute Gasteiger partial charge is 0.478 e. The van der Waals surface area contributed by atoms with E-state index in [1.54, 1.807) is 0 Å². The molecule has 1 aromatic carbocycles. The molecular formula is C11H12O3. The number of hydrogen-bond donors (Lipinski definition) is 0. The predicted octanol–water partition coefficient (Wildman–Crippen LogP) is 1.55. The summed E-state index contributed by atoms with van der Waals surface area (Å²) in [5.74, 6) is 0.508. The SMILES string of the molecule is COC(=O)[C@H]1C[14CH2]c2ccccc2O1. The van der Waals surface area contributed by atoms with Gasteiger partial charge in [0.25, 0.3) is 0 Å². The Balaban J connectivity index is 2.17. The molecule has 0 fully saturated rings. The molecule has 0 bridgehead atoms. The summed E-state index contributed by atoms with van der Waals surface area (Å²) in [5.41, 5.74) is 1.16. The van der Waals surface area contributed by atoms with Crippen LogP contribution in [0.5, 0.6) is 5.75 Å². The summed E-state index contributed by atoms with van der Waals surface area (Å²) in [7, 11) is 1.38. The van der Waals surface area contributed by atoms with Crippen LogP contribution in [0.2, 0.25) is 0 Å². The van der Waals surface area contributed by atoms with Crippen LogP contribution >= 0.6 is 0 Å². The van der Waals surface area contributed by atoms with Crippen LogP contribution in [0.4, 0.5) is 0 Å². The van der Waals surface area contributed by atoms with Crippen molar-refractivity contribution in [1.29, 1.82) is 0 Å². The van der Waals surface area contributed by atoms with Gasteiger partial charge in [-0.1, -0.05) is 18.2 Å². The number of aryl methyl sites for hydroxylation is 1. The molecule has 1 aliphatic rings. The molecule has 14 heavy (non-hydrogen) atoms. The van der Waals surface area contributed by atoms with E-state index in [-0.39, 0.29) is 5.97 Å². The van der Waals surface area contributed by atoms with Crippen LogP contribution in [0, 0.1) is 0 Å². The van der Waals surface area contributed by atoms with E-state index in [1.165, 1.54) is 7.11 Å². The standard InChI is InChI=1S/C11H12O3/c1-13-11(12)10-7-6-8-4-2-3-5-9(8)14-10/h2-5,10H,6-7H2,1H3/t10-/m1/s1/i6+2. The average Bonchev–Trinajstić information content (AvgIpc) is 2.27. The molecular weight excluding hydrogens is 182 g/mol. The number of carbonyl (C=O) groups excluding carboxylic acids is 1. The lowest BCUT2D eigenvalue weighted by Gasteiger charge is -2.23. The Morgan fingerprint density at radius 1 is 1.57 bits per heavy atom. The maximum Gasteiger partial charge on any atom is 0.347 e. The first-order valence-electron chi connectivity index (χ1n) is 4.63. The number of esters is 1. The summed E-state index contributed by atoms with van der Waals surface area (Å²) >= 11 is 0. The smallest absolute Gasteiger partial charge is 0.347 e. The van der Waals surface area contributed by atoms with E-state index in [9.17, 15) is 4.79 Å². The number of rotatable bonds is 1. The van der Waals surface area contributed by atoms with Crippen LogP contribution in [0.15, 0.2) is 24.3 Å². The number of para-hydroxylation sites is 1. The quantitative estimate of drug-likeness (QED) is 0.636.